The van der Waals surface area contributed by atoms with E-state index in [2.05, 4.69) is 10.3 Å². The Morgan fingerprint density at radius 3 is 2.29 bits per heavy atom. The summed E-state index contributed by atoms with van der Waals surface area (Å²) in [4.78, 5) is 16.7. The smallest absolute Gasteiger partial charge is 0.264 e. The number of ether oxygens (including phenoxy) is 2. The summed E-state index contributed by atoms with van der Waals surface area (Å²) >= 11 is 0. The first-order chi connectivity index (χ1) is 15.0. The van der Waals surface area contributed by atoms with E-state index in [-0.39, 0.29) is 17.1 Å². The fourth-order valence-electron chi connectivity index (χ4n) is 2.90. The van der Waals surface area contributed by atoms with Gasteiger partial charge in [0.15, 0.2) is 11.5 Å². The minimum absolute atomic E-state index is 0.0757. The van der Waals surface area contributed by atoms with Crippen molar-refractivity contribution in [3.8, 4) is 11.5 Å². The number of nitrogens with one attached hydrogen (secondary N) is 1. The van der Waals surface area contributed by atoms with E-state index in [0.29, 0.717) is 11.5 Å². The van der Waals surface area contributed by atoms with E-state index >= 15 is 0 Å². The number of pyridine rings is 1. The number of hydrogen-bond donors (Lipinski definition) is 1. The molecule has 9 heteroatoms. The molecule has 0 aliphatic carbocycles. The number of sulfonamides is 1. The van der Waals surface area contributed by atoms with Crippen LogP contribution in [0.3, 0.4) is 0 Å². The van der Waals surface area contributed by atoms with Crippen LogP contribution in [0.25, 0.3) is 0 Å². The van der Waals surface area contributed by atoms with Crippen molar-refractivity contribution in [2.75, 3.05) is 25.1 Å². The number of carbonyl (C=O) groups excluding carboxylic acids is 1. The zero-order valence-electron chi connectivity index (χ0n) is 17.2. The average Bonchev–Trinajstić information content (AvgIpc) is 2.82. The molecule has 0 atom stereocenters. The number of carbonyl (C=O) groups is 1. The van der Waals surface area contributed by atoms with Crippen LogP contribution in [0, 0.1) is 0 Å². The summed E-state index contributed by atoms with van der Waals surface area (Å²) in [6, 6.07) is 16.2. The molecule has 0 radical (unpaired) electrons. The van der Waals surface area contributed by atoms with E-state index in [4.69, 9.17) is 9.47 Å². The van der Waals surface area contributed by atoms with Crippen molar-refractivity contribution in [2.24, 2.45) is 0 Å². The summed E-state index contributed by atoms with van der Waals surface area (Å²) in [6.07, 6.45) is 3.24. The molecule has 0 bridgehead atoms. The van der Waals surface area contributed by atoms with Crippen LogP contribution in [0.5, 0.6) is 11.5 Å². The molecule has 3 rings (SSSR count). The Kier molecular flexibility index (Phi) is 7.09. The Morgan fingerprint density at radius 1 is 0.968 bits per heavy atom. The SMILES string of the molecule is COc1ccc(N(CC(=O)NCc2ccncc2)S(=O)(=O)c2ccccc2)cc1OC. The van der Waals surface area contributed by atoms with Gasteiger partial charge in [-0.25, -0.2) is 8.42 Å². The van der Waals surface area contributed by atoms with Gasteiger partial charge in [-0.15, -0.1) is 0 Å². The Hall–Kier alpha value is -3.59. The third-order valence-corrected chi connectivity index (χ3v) is 6.30. The van der Waals surface area contributed by atoms with E-state index in [1.807, 2.05) is 0 Å². The van der Waals surface area contributed by atoms with Crippen molar-refractivity contribution in [3.63, 3.8) is 0 Å². The molecule has 0 aliphatic rings. The van der Waals surface area contributed by atoms with Crippen molar-refractivity contribution >= 4 is 21.6 Å². The van der Waals surface area contributed by atoms with Crippen molar-refractivity contribution in [1.29, 1.82) is 0 Å². The third kappa shape index (κ3) is 5.32. The maximum absolute atomic E-state index is 13.4. The Bertz CT molecular complexity index is 1120. The average molecular weight is 442 g/mol. The van der Waals surface area contributed by atoms with Gasteiger partial charge in [-0.05, 0) is 42.0 Å². The second kappa shape index (κ2) is 9.94. The summed E-state index contributed by atoms with van der Waals surface area (Å²) < 4.78 is 38.3. The number of methoxy groups -OCH3 is 2. The number of amides is 1. The molecular formula is C22H23N3O5S. The second-order valence-electron chi connectivity index (χ2n) is 6.50. The molecule has 2 aromatic carbocycles. The highest BCUT2D eigenvalue weighted by Gasteiger charge is 2.28. The quantitative estimate of drug-likeness (QED) is 0.548. The van der Waals surface area contributed by atoms with Gasteiger partial charge in [0.05, 0.1) is 24.8 Å². The number of hydrogen-bond acceptors (Lipinski definition) is 6. The number of nitrogens with zero attached hydrogens (tertiary/aromatic N) is 2. The van der Waals surface area contributed by atoms with Gasteiger partial charge < -0.3 is 14.8 Å². The highest BCUT2D eigenvalue weighted by molar-refractivity contribution is 7.92. The van der Waals surface area contributed by atoms with Crippen LogP contribution in [0.15, 0.2) is 78.0 Å². The third-order valence-electron chi connectivity index (χ3n) is 4.51. The van der Waals surface area contributed by atoms with Crippen molar-refractivity contribution in [2.45, 2.75) is 11.4 Å². The van der Waals surface area contributed by atoms with Gasteiger partial charge in [-0.3, -0.25) is 14.1 Å². The molecule has 8 nitrogen and oxygen atoms in total. The summed E-state index contributed by atoms with van der Waals surface area (Å²) in [6.45, 7) is -0.149. The molecule has 1 aromatic heterocycles. The second-order valence-corrected chi connectivity index (χ2v) is 8.36. The molecule has 0 aliphatic heterocycles. The maximum Gasteiger partial charge on any atom is 0.264 e. The van der Waals surface area contributed by atoms with Crippen molar-refractivity contribution in [3.05, 3.63) is 78.6 Å². The summed E-state index contributed by atoms with van der Waals surface area (Å²) in [5.74, 6) is 0.349. The van der Waals surface area contributed by atoms with Gasteiger partial charge in [0, 0.05) is 25.0 Å². The van der Waals surface area contributed by atoms with Crippen LogP contribution in [0.1, 0.15) is 5.56 Å². The van der Waals surface area contributed by atoms with Crippen LogP contribution in [-0.2, 0) is 21.4 Å². The number of aromatic nitrogens is 1. The number of benzene rings is 2. The first kappa shape index (κ1) is 22.1. The lowest BCUT2D eigenvalue weighted by molar-refractivity contribution is -0.119. The number of rotatable bonds is 9. The Labute approximate surface area is 181 Å². The van der Waals surface area contributed by atoms with Gasteiger partial charge in [-0.1, -0.05) is 18.2 Å². The van der Waals surface area contributed by atoms with Crippen molar-refractivity contribution < 1.29 is 22.7 Å². The molecule has 3 aromatic rings. The van der Waals surface area contributed by atoms with E-state index in [0.717, 1.165) is 9.87 Å². The normalized spacial score (nSPS) is 10.9. The lowest BCUT2D eigenvalue weighted by Crippen LogP contribution is -2.40. The standard InChI is InChI=1S/C22H23N3O5S/c1-29-20-9-8-18(14-21(20)30-2)25(31(27,28)19-6-4-3-5-7-19)16-22(26)24-15-17-10-12-23-13-11-17/h3-14H,15-16H2,1-2H3,(H,24,26). The van der Waals surface area contributed by atoms with Crippen LogP contribution in [-0.4, -0.2) is 40.1 Å². The van der Waals surface area contributed by atoms with Gasteiger partial charge >= 0.3 is 0 Å². The van der Waals surface area contributed by atoms with E-state index in [1.54, 1.807) is 54.9 Å². The van der Waals surface area contributed by atoms with Crippen LogP contribution in [0.4, 0.5) is 5.69 Å². The molecular weight excluding hydrogens is 418 g/mol. The molecule has 162 valence electrons. The van der Waals surface area contributed by atoms with Gasteiger partial charge in [-0.2, -0.15) is 0 Å². The largest absolute Gasteiger partial charge is 0.493 e. The molecule has 1 N–H and O–H groups in total. The van der Waals surface area contributed by atoms with E-state index in [9.17, 15) is 13.2 Å². The molecule has 0 unspecified atom stereocenters. The number of anilines is 1. The monoisotopic (exact) mass is 441 g/mol. The fourth-order valence-corrected chi connectivity index (χ4v) is 4.34. The molecule has 0 saturated heterocycles. The molecule has 0 spiro atoms. The lowest BCUT2D eigenvalue weighted by Gasteiger charge is -2.25. The fraction of sp³-hybridized carbons (Fsp3) is 0.182. The van der Waals surface area contributed by atoms with E-state index in [1.165, 1.54) is 32.4 Å². The zero-order valence-corrected chi connectivity index (χ0v) is 18.0. The predicted octanol–water partition coefficient (Wildman–Crippen LogP) is 2.61. The zero-order chi connectivity index (χ0) is 22.3. The highest BCUT2D eigenvalue weighted by Crippen LogP contribution is 2.33. The minimum Gasteiger partial charge on any atom is -0.493 e. The van der Waals surface area contributed by atoms with Crippen LogP contribution in [0.2, 0.25) is 0 Å². The highest BCUT2D eigenvalue weighted by atomic mass is 32.2. The molecule has 1 amide bonds. The van der Waals surface area contributed by atoms with Crippen LogP contribution >= 0.6 is 0 Å². The first-order valence-electron chi connectivity index (χ1n) is 9.41. The molecule has 31 heavy (non-hydrogen) atoms. The minimum atomic E-state index is -4.01. The maximum atomic E-state index is 13.4. The molecule has 0 saturated carbocycles. The Morgan fingerprint density at radius 2 is 1.65 bits per heavy atom. The van der Waals surface area contributed by atoms with Crippen molar-refractivity contribution in [1.82, 2.24) is 10.3 Å². The predicted molar refractivity (Wildman–Crippen MR) is 117 cm³/mol. The lowest BCUT2D eigenvalue weighted by atomic mass is 10.2. The molecule has 1 heterocycles. The van der Waals surface area contributed by atoms with Gasteiger partial charge in [0.2, 0.25) is 5.91 Å². The van der Waals surface area contributed by atoms with Crippen LogP contribution < -0.4 is 19.1 Å². The summed E-state index contributed by atoms with van der Waals surface area (Å²) in [5.41, 5.74) is 1.13. The summed E-state index contributed by atoms with van der Waals surface area (Å²) in [7, 11) is -1.06. The molecule has 0 fully saturated rings. The topological polar surface area (TPSA) is 97.8 Å². The first-order valence-corrected chi connectivity index (χ1v) is 10.8. The Balaban J connectivity index is 1.92. The van der Waals surface area contributed by atoms with E-state index < -0.39 is 22.5 Å². The summed E-state index contributed by atoms with van der Waals surface area (Å²) in [5, 5.41) is 2.75. The van der Waals surface area contributed by atoms with Gasteiger partial charge in [0.1, 0.15) is 6.54 Å². The van der Waals surface area contributed by atoms with Gasteiger partial charge in [0.25, 0.3) is 10.0 Å².